The summed E-state index contributed by atoms with van der Waals surface area (Å²) in [7, 11) is 0. The molecule has 3 aromatic rings. The van der Waals surface area contributed by atoms with Crippen LogP contribution in [-0.4, -0.2) is 9.55 Å². The van der Waals surface area contributed by atoms with Crippen LogP contribution in [0.4, 0.5) is 5.95 Å². The van der Waals surface area contributed by atoms with Gasteiger partial charge in [-0.05, 0) is 43.4 Å². The van der Waals surface area contributed by atoms with E-state index in [1.54, 1.807) is 23.5 Å². The zero-order valence-electron chi connectivity index (χ0n) is 11.8. The number of thiophene rings is 1. The van der Waals surface area contributed by atoms with E-state index in [1.807, 2.05) is 12.1 Å². The van der Waals surface area contributed by atoms with Crippen LogP contribution in [0.25, 0.3) is 15.9 Å². The maximum Gasteiger partial charge on any atom is 0.268 e. The van der Waals surface area contributed by atoms with Crippen LogP contribution < -0.4 is 11.3 Å². The number of nitrogen functional groups attached to an aromatic ring is 1. The van der Waals surface area contributed by atoms with E-state index in [2.05, 4.69) is 4.98 Å². The third-order valence-corrected chi connectivity index (χ3v) is 5.61. The van der Waals surface area contributed by atoms with Crippen molar-refractivity contribution in [3.05, 3.63) is 50.1 Å². The summed E-state index contributed by atoms with van der Waals surface area (Å²) in [5.74, 6) is 0.184. The molecular weight excluding hydrogens is 318 g/mol. The molecule has 1 aromatic carbocycles. The zero-order chi connectivity index (χ0) is 15.3. The van der Waals surface area contributed by atoms with Gasteiger partial charge < -0.3 is 5.73 Å². The van der Waals surface area contributed by atoms with Crippen molar-refractivity contribution in [2.45, 2.75) is 25.7 Å². The van der Waals surface area contributed by atoms with E-state index in [-0.39, 0.29) is 11.5 Å². The first kappa shape index (κ1) is 13.8. The van der Waals surface area contributed by atoms with Crippen LogP contribution in [-0.2, 0) is 12.8 Å². The molecule has 0 unspecified atom stereocenters. The number of aromatic nitrogens is 2. The quantitative estimate of drug-likeness (QED) is 0.741. The minimum Gasteiger partial charge on any atom is -0.369 e. The number of nitrogens with two attached hydrogens (primary N) is 1. The number of hydrogen-bond acceptors (Lipinski definition) is 4. The second-order valence-corrected chi connectivity index (χ2v) is 6.94. The molecule has 1 aliphatic carbocycles. The second-order valence-electron chi connectivity index (χ2n) is 5.45. The van der Waals surface area contributed by atoms with Gasteiger partial charge in [-0.25, -0.2) is 9.55 Å². The van der Waals surface area contributed by atoms with Gasteiger partial charge in [-0.2, -0.15) is 0 Å². The van der Waals surface area contributed by atoms with Crippen LogP contribution in [0.1, 0.15) is 23.3 Å². The van der Waals surface area contributed by atoms with Crippen molar-refractivity contribution in [3.8, 4) is 5.69 Å². The Hall–Kier alpha value is -1.85. The topological polar surface area (TPSA) is 60.9 Å². The maximum atomic E-state index is 13.0. The predicted octanol–water partition coefficient (Wildman–Crippen LogP) is 3.56. The van der Waals surface area contributed by atoms with Gasteiger partial charge in [0.2, 0.25) is 5.95 Å². The Bertz CT molecular complexity index is 944. The number of para-hydroxylation sites is 1. The van der Waals surface area contributed by atoms with Crippen molar-refractivity contribution in [3.63, 3.8) is 0 Å². The minimum atomic E-state index is -0.116. The molecule has 0 atom stereocenters. The first-order valence-corrected chi connectivity index (χ1v) is 8.44. The van der Waals surface area contributed by atoms with Crippen LogP contribution in [0.5, 0.6) is 0 Å². The van der Waals surface area contributed by atoms with E-state index in [0.29, 0.717) is 16.1 Å². The van der Waals surface area contributed by atoms with Gasteiger partial charge in [0.25, 0.3) is 5.56 Å². The highest BCUT2D eigenvalue weighted by Crippen LogP contribution is 2.34. The molecule has 1 aliphatic rings. The number of rotatable bonds is 1. The number of benzene rings is 1. The second kappa shape index (κ2) is 5.11. The van der Waals surface area contributed by atoms with Crippen molar-refractivity contribution < 1.29 is 0 Å². The van der Waals surface area contributed by atoms with Gasteiger partial charge in [0, 0.05) is 4.88 Å². The van der Waals surface area contributed by atoms with Gasteiger partial charge in [-0.3, -0.25) is 4.79 Å². The normalized spacial score (nSPS) is 14.2. The fraction of sp³-hybridized carbons (Fsp3) is 0.250. The lowest BCUT2D eigenvalue weighted by Gasteiger charge is -2.12. The average Bonchev–Trinajstić information content (AvgIpc) is 2.87. The molecule has 2 aromatic heterocycles. The summed E-state index contributed by atoms with van der Waals surface area (Å²) in [6.45, 7) is 0. The van der Waals surface area contributed by atoms with Gasteiger partial charge in [0.1, 0.15) is 4.83 Å². The highest BCUT2D eigenvalue weighted by Gasteiger charge is 2.22. The Morgan fingerprint density at radius 3 is 2.82 bits per heavy atom. The summed E-state index contributed by atoms with van der Waals surface area (Å²) in [4.78, 5) is 19.5. The van der Waals surface area contributed by atoms with E-state index in [4.69, 9.17) is 17.3 Å². The van der Waals surface area contributed by atoms with Crippen molar-refractivity contribution >= 4 is 39.1 Å². The first-order valence-electron chi connectivity index (χ1n) is 7.24. The summed E-state index contributed by atoms with van der Waals surface area (Å²) in [5, 5.41) is 1.20. The average molecular weight is 332 g/mol. The standard InChI is InChI=1S/C16H14ClN3OS/c17-10-6-2-3-7-11(10)20-15(21)13-9-5-1-4-8-12(9)22-14(13)19-16(20)18/h2-3,6-7H,1,4-5,8H2,(H2,18,19). The highest BCUT2D eigenvalue weighted by molar-refractivity contribution is 7.18. The third-order valence-electron chi connectivity index (χ3n) is 4.11. The Balaban J connectivity index is 2.08. The number of hydrogen-bond donors (Lipinski definition) is 1. The Labute approximate surface area is 136 Å². The molecule has 4 rings (SSSR count). The molecule has 112 valence electrons. The van der Waals surface area contributed by atoms with Crippen LogP contribution in [0, 0.1) is 0 Å². The van der Waals surface area contributed by atoms with E-state index in [9.17, 15) is 4.79 Å². The highest BCUT2D eigenvalue weighted by atomic mass is 35.5. The molecule has 0 aliphatic heterocycles. The van der Waals surface area contributed by atoms with Crippen LogP contribution in [0.15, 0.2) is 29.1 Å². The fourth-order valence-corrected chi connectivity index (χ4v) is 4.57. The van der Waals surface area contributed by atoms with Gasteiger partial charge in [-0.15, -0.1) is 11.3 Å². The number of halogens is 1. The molecule has 6 heteroatoms. The Morgan fingerprint density at radius 2 is 2.00 bits per heavy atom. The molecular formula is C16H14ClN3OS. The summed E-state index contributed by atoms with van der Waals surface area (Å²) in [6, 6.07) is 7.19. The molecule has 0 saturated heterocycles. The number of nitrogens with zero attached hydrogens (tertiary/aromatic N) is 2. The fourth-order valence-electron chi connectivity index (χ4n) is 3.09. The van der Waals surface area contributed by atoms with Gasteiger partial charge >= 0.3 is 0 Å². The Kier molecular flexibility index (Phi) is 3.20. The zero-order valence-corrected chi connectivity index (χ0v) is 13.4. The molecule has 0 fully saturated rings. The van der Waals surface area contributed by atoms with Crippen LogP contribution >= 0.6 is 22.9 Å². The molecule has 4 nitrogen and oxygen atoms in total. The van der Waals surface area contributed by atoms with E-state index in [1.165, 1.54) is 15.9 Å². The van der Waals surface area contributed by atoms with Crippen LogP contribution in [0.3, 0.4) is 0 Å². The lowest BCUT2D eigenvalue weighted by molar-refractivity contribution is 0.699. The lowest BCUT2D eigenvalue weighted by Crippen LogP contribution is -2.23. The third kappa shape index (κ3) is 1.96. The largest absolute Gasteiger partial charge is 0.369 e. The minimum absolute atomic E-state index is 0.116. The van der Waals surface area contributed by atoms with Gasteiger partial charge in [-0.1, -0.05) is 23.7 Å². The maximum absolute atomic E-state index is 13.0. The van der Waals surface area contributed by atoms with E-state index in [0.717, 1.165) is 29.7 Å². The number of aryl methyl sites for hydroxylation is 2. The summed E-state index contributed by atoms with van der Waals surface area (Å²) in [6.07, 6.45) is 4.27. The molecule has 0 spiro atoms. The van der Waals surface area contributed by atoms with Crippen molar-refractivity contribution in [1.29, 1.82) is 0 Å². The monoisotopic (exact) mass is 331 g/mol. The summed E-state index contributed by atoms with van der Waals surface area (Å²) < 4.78 is 1.42. The molecule has 2 heterocycles. The smallest absolute Gasteiger partial charge is 0.268 e. The van der Waals surface area contributed by atoms with Crippen molar-refractivity contribution in [1.82, 2.24) is 9.55 Å². The molecule has 0 bridgehead atoms. The molecule has 0 saturated carbocycles. The summed E-state index contributed by atoms with van der Waals surface area (Å²) in [5.41, 5.74) is 7.67. The SMILES string of the molecule is Nc1nc2sc3c(c2c(=O)n1-c1ccccc1Cl)CCCC3. The number of fused-ring (bicyclic) bond motifs is 3. The van der Waals surface area contributed by atoms with E-state index >= 15 is 0 Å². The van der Waals surface area contributed by atoms with E-state index < -0.39 is 0 Å². The predicted molar refractivity (Wildman–Crippen MR) is 91.3 cm³/mol. The summed E-state index contributed by atoms with van der Waals surface area (Å²) >= 11 is 7.83. The molecule has 22 heavy (non-hydrogen) atoms. The number of anilines is 1. The van der Waals surface area contributed by atoms with Crippen LogP contribution in [0.2, 0.25) is 5.02 Å². The van der Waals surface area contributed by atoms with Gasteiger partial charge in [0.15, 0.2) is 0 Å². The lowest BCUT2D eigenvalue weighted by atomic mass is 9.97. The van der Waals surface area contributed by atoms with Crippen molar-refractivity contribution in [2.75, 3.05) is 5.73 Å². The molecule has 0 radical (unpaired) electrons. The Morgan fingerprint density at radius 1 is 1.23 bits per heavy atom. The first-order chi connectivity index (χ1) is 10.7. The molecule has 0 amide bonds. The molecule has 2 N–H and O–H groups in total. The van der Waals surface area contributed by atoms with Crippen molar-refractivity contribution in [2.24, 2.45) is 0 Å². The van der Waals surface area contributed by atoms with Gasteiger partial charge in [0.05, 0.1) is 16.1 Å².